The molecule has 0 saturated carbocycles. The van der Waals surface area contributed by atoms with Crippen molar-refractivity contribution in [2.45, 2.75) is 25.8 Å². The molecule has 1 fully saturated rings. The van der Waals surface area contributed by atoms with Gasteiger partial charge in [0.2, 0.25) is 5.95 Å². The number of nitrogens with zero attached hydrogens (tertiary/aromatic N) is 5. The predicted octanol–water partition coefficient (Wildman–Crippen LogP) is 2.24. The third-order valence-corrected chi connectivity index (χ3v) is 7.20. The summed E-state index contributed by atoms with van der Waals surface area (Å²) in [5.41, 5.74) is 4.22. The van der Waals surface area contributed by atoms with E-state index in [4.69, 9.17) is 4.98 Å². The second-order valence-electron chi connectivity index (χ2n) is 7.40. The standard InChI is InChI=1S/C19H21N5O2S/c1-13-2-5-18-22-16-4-3-14(10-17(16)24(13)18)15-11-20-19(21-12-15)23-6-8-27(25,26)9-7-23/h3-4,10-13H,2,5-9H2,1H3/t13-/m0/s1. The van der Waals surface area contributed by atoms with Gasteiger partial charge in [-0.2, -0.15) is 0 Å². The number of imidazole rings is 1. The first-order valence-corrected chi connectivity index (χ1v) is 11.1. The Morgan fingerprint density at radius 2 is 1.81 bits per heavy atom. The third-order valence-electron chi connectivity index (χ3n) is 5.59. The van der Waals surface area contributed by atoms with Crippen LogP contribution in [0.3, 0.4) is 0 Å². The molecule has 0 unspecified atom stereocenters. The Balaban J connectivity index is 1.44. The summed E-state index contributed by atoms with van der Waals surface area (Å²) < 4.78 is 25.5. The maximum atomic E-state index is 11.6. The normalized spacial score (nSPS) is 21.5. The molecule has 2 aliphatic rings. The van der Waals surface area contributed by atoms with Crippen LogP contribution in [-0.2, 0) is 16.3 Å². The zero-order chi connectivity index (χ0) is 18.6. The monoisotopic (exact) mass is 383 g/mol. The van der Waals surface area contributed by atoms with E-state index < -0.39 is 9.84 Å². The number of fused-ring (bicyclic) bond motifs is 3. The summed E-state index contributed by atoms with van der Waals surface area (Å²) >= 11 is 0. The van der Waals surface area contributed by atoms with Crippen molar-refractivity contribution in [1.29, 1.82) is 0 Å². The summed E-state index contributed by atoms with van der Waals surface area (Å²) in [5.74, 6) is 2.09. The number of benzene rings is 1. The van der Waals surface area contributed by atoms with Gasteiger partial charge in [-0.3, -0.25) is 0 Å². The summed E-state index contributed by atoms with van der Waals surface area (Å²) in [4.78, 5) is 15.6. The number of hydrogen-bond acceptors (Lipinski definition) is 6. The lowest BCUT2D eigenvalue weighted by Gasteiger charge is -2.26. The summed E-state index contributed by atoms with van der Waals surface area (Å²) in [6, 6.07) is 6.77. The number of anilines is 1. The van der Waals surface area contributed by atoms with E-state index in [1.54, 1.807) is 0 Å². The molecule has 1 aromatic carbocycles. The van der Waals surface area contributed by atoms with Crippen LogP contribution in [0.15, 0.2) is 30.6 Å². The largest absolute Gasteiger partial charge is 0.339 e. The molecule has 1 atom stereocenters. The summed E-state index contributed by atoms with van der Waals surface area (Å²) in [6.45, 7) is 3.14. The molecule has 5 rings (SSSR count). The number of rotatable bonds is 2. The van der Waals surface area contributed by atoms with Gasteiger partial charge in [-0.1, -0.05) is 6.07 Å². The molecule has 7 nitrogen and oxygen atoms in total. The van der Waals surface area contributed by atoms with Gasteiger partial charge in [0.05, 0.1) is 22.5 Å². The van der Waals surface area contributed by atoms with E-state index in [2.05, 4.69) is 39.7 Å². The average Bonchev–Trinajstić information content (AvgIpc) is 3.21. The molecule has 1 saturated heterocycles. The minimum absolute atomic E-state index is 0.166. The average molecular weight is 383 g/mol. The molecule has 4 heterocycles. The van der Waals surface area contributed by atoms with E-state index in [9.17, 15) is 8.42 Å². The van der Waals surface area contributed by atoms with E-state index in [1.807, 2.05) is 17.3 Å². The quantitative estimate of drug-likeness (QED) is 0.675. The molecule has 0 radical (unpaired) electrons. The van der Waals surface area contributed by atoms with Crippen molar-refractivity contribution in [3.63, 3.8) is 0 Å². The van der Waals surface area contributed by atoms with E-state index in [0.29, 0.717) is 25.1 Å². The zero-order valence-corrected chi connectivity index (χ0v) is 16.0. The molecule has 8 heteroatoms. The van der Waals surface area contributed by atoms with Gasteiger partial charge < -0.3 is 9.47 Å². The first kappa shape index (κ1) is 16.7. The van der Waals surface area contributed by atoms with Crippen LogP contribution in [0.5, 0.6) is 0 Å². The lowest BCUT2D eigenvalue weighted by Crippen LogP contribution is -2.41. The van der Waals surface area contributed by atoms with Gasteiger partial charge in [0, 0.05) is 43.5 Å². The Morgan fingerprint density at radius 3 is 2.56 bits per heavy atom. The lowest BCUT2D eigenvalue weighted by molar-refractivity contribution is 0.585. The number of hydrogen-bond donors (Lipinski definition) is 0. The van der Waals surface area contributed by atoms with Crippen molar-refractivity contribution in [2.24, 2.45) is 0 Å². The Morgan fingerprint density at radius 1 is 1.07 bits per heavy atom. The van der Waals surface area contributed by atoms with Crippen molar-refractivity contribution < 1.29 is 8.42 Å². The fourth-order valence-corrected chi connectivity index (χ4v) is 5.20. The first-order chi connectivity index (χ1) is 13.0. The zero-order valence-electron chi connectivity index (χ0n) is 15.2. The van der Waals surface area contributed by atoms with Gasteiger partial charge in [-0.15, -0.1) is 0 Å². The molecule has 0 aliphatic carbocycles. The van der Waals surface area contributed by atoms with Crippen molar-refractivity contribution in [2.75, 3.05) is 29.5 Å². The molecule has 140 valence electrons. The van der Waals surface area contributed by atoms with Gasteiger partial charge in [-0.05, 0) is 31.0 Å². The number of aryl methyl sites for hydroxylation is 1. The van der Waals surface area contributed by atoms with E-state index >= 15 is 0 Å². The fourth-order valence-electron chi connectivity index (χ4n) is 4.00. The van der Waals surface area contributed by atoms with Gasteiger partial charge in [0.1, 0.15) is 5.82 Å². The van der Waals surface area contributed by atoms with Gasteiger partial charge in [-0.25, -0.2) is 23.4 Å². The van der Waals surface area contributed by atoms with Gasteiger partial charge >= 0.3 is 0 Å². The number of aromatic nitrogens is 4. The van der Waals surface area contributed by atoms with Crippen molar-refractivity contribution in [3.05, 3.63) is 36.4 Å². The van der Waals surface area contributed by atoms with Crippen LogP contribution in [-0.4, -0.2) is 52.5 Å². The molecule has 0 N–H and O–H groups in total. The second kappa shape index (κ2) is 6.02. The highest BCUT2D eigenvalue weighted by Crippen LogP contribution is 2.32. The molecular formula is C19H21N5O2S. The van der Waals surface area contributed by atoms with Crippen LogP contribution in [0.25, 0.3) is 22.2 Å². The Labute approximate surface area is 158 Å². The second-order valence-corrected chi connectivity index (χ2v) is 9.70. The molecule has 3 aromatic rings. The molecule has 27 heavy (non-hydrogen) atoms. The van der Waals surface area contributed by atoms with Crippen LogP contribution in [0.1, 0.15) is 25.2 Å². The van der Waals surface area contributed by atoms with Crippen LogP contribution in [0.2, 0.25) is 0 Å². The van der Waals surface area contributed by atoms with E-state index in [0.717, 1.165) is 35.0 Å². The molecule has 0 spiro atoms. The SMILES string of the molecule is C[C@H]1CCc2nc3ccc(-c4cnc(N5CCS(=O)(=O)CC5)nc4)cc3n21. The van der Waals surface area contributed by atoms with Gasteiger partial charge in [0.15, 0.2) is 9.84 Å². The van der Waals surface area contributed by atoms with Crippen LogP contribution in [0.4, 0.5) is 5.95 Å². The molecule has 0 bridgehead atoms. The highest BCUT2D eigenvalue weighted by Gasteiger charge is 2.24. The highest BCUT2D eigenvalue weighted by atomic mass is 32.2. The molecule has 2 aliphatic heterocycles. The minimum Gasteiger partial charge on any atom is -0.339 e. The maximum Gasteiger partial charge on any atom is 0.225 e. The van der Waals surface area contributed by atoms with Crippen LogP contribution >= 0.6 is 0 Å². The predicted molar refractivity (Wildman–Crippen MR) is 105 cm³/mol. The maximum absolute atomic E-state index is 11.6. The molecular weight excluding hydrogens is 362 g/mol. The molecule has 0 amide bonds. The highest BCUT2D eigenvalue weighted by molar-refractivity contribution is 7.91. The topological polar surface area (TPSA) is 81.0 Å². The summed E-state index contributed by atoms with van der Waals surface area (Å²) in [7, 11) is -2.91. The van der Waals surface area contributed by atoms with Crippen molar-refractivity contribution in [1.82, 2.24) is 19.5 Å². The van der Waals surface area contributed by atoms with E-state index in [-0.39, 0.29) is 11.5 Å². The van der Waals surface area contributed by atoms with Crippen molar-refractivity contribution >= 4 is 26.8 Å². The molecule has 2 aromatic heterocycles. The number of sulfone groups is 1. The van der Waals surface area contributed by atoms with Crippen LogP contribution < -0.4 is 4.90 Å². The Hall–Kier alpha value is -2.48. The van der Waals surface area contributed by atoms with Crippen LogP contribution in [0, 0.1) is 0 Å². The minimum atomic E-state index is -2.91. The van der Waals surface area contributed by atoms with Gasteiger partial charge in [0.25, 0.3) is 0 Å². The first-order valence-electron chi connectivity index (χ1n) is 9.29. The smallest absolute Gasteiger partial charge is 0.225 e. The van der Waals surface area contributed by atoms with E-state index in [1.165, 1.54) is 5.82 Å². The van der Waals surface area contributed by atoms with Crippen molar-refractivity contribution in [3.8, 4) is 11.1 Å². The lowest BCUT2D eigenvalue weighted by atomic mass is 10.1. The third kappa shape index (κ3) is 2.88. The Kier molecular flexibility index (Phi) is 3.72. The summed E-state index contributed by atoms with van der Waals surface area (Å²) in [5, 5.41) is 0. The summed E-state index contributed by atoms with van der Waals surface area (Å²) in [6.07, 6.45) is 5.81. The fraction of sp³-hybridized carbons (Fsp3) is 0.421. The Bertz CT molecular complexity index is 1110.